The highest BCUT2D eigenvalue weighted by atomic mass is 19.1. The van der Waals surface area contributed by atoms with Crippen molar-refractivity contribution in [3.8, 4) is 11.5 Å². The molecule has 2 aromatic carbocycles. The van der Waals surface area contributed by atoms with E-state index in [-0.39, 0.29) is 23.3 Å². The second-order valence-electron chi connectivity index (χ2n) is 9.06. The minimum Gasteiger partial charge on any atom is -0.507 e. The molecular formula is C28H29FO12. The number of ether oxygens (including phenoxy) is 6. The topological polar surface area (TPSA) is 161 Å². The summed E-state index contributed by atoms with van der Waals surface area (Å²) in [6.07, 6.45) is -7.38. The maximum absolute atomic E-state index is 14.0. The second-order valence-corrected chi connectivity index (χ2v) is 9.06. The summed E-state index contributed by atoms with van der Waals surface area (Å²) < 4.78 is 46.6. The van der Waals surface area contributed by atoms with Crippen LogP contribution in [0.5, 0.6) is 11.5 Å². The van der Waals surface area contributed by atoms with Crippen LogP contribution in [0.1, 0.15) is 43.6 Å². The molecule has 0 amide bonds. The third kappa shape index (κ3) is 8.48. The van der Waals surface area contributed by atoms with Gasteiger partial charge in [-0.3, -0.25) is 24.0 Å². The fourth-order valence-electron chi connectivity index (χ4n) is 4.15. The molecule has 41 heavy (non-hydrogen) atoms. The van der Waals surface area contributed by atoms with E-state index in [1.165, 1.54) is 30.3 Å². The van der Waals surface area contributed by atoms with Crippen molar-refractivity contribution in [1.82, 2.24) is 0 Å². The Balaban J connectivity index is 1.92. The van der Waals surface area contributed by atoms with Crippen molar-refractivity contribution in [2.75, 3.05) is 6.61 Å². The van der Waals surface area contributed by atoms with E-state index in [1.54, 1.807) is 6.07 Å². The molecule has 5 atom stereocenters. The third-order valence-electron chi connectivity index (χ3n) is 5.78. The zero-order chi connectivity index (χ0) is 30.3. The number of carbonyl (C=O) groups is 5. The van der Waals surface area contributed by atoms with Crippen LogP contribution in [0.4, 0.5) is 4.39 Å². The molecule has 0 bridgehead atoms. The zero-order valence-electron chi connectivity index (χ0n) is 22.7. The van der Waals surface area contributed by atoms with Crippen LogP contribution in [0.15, 0.2) is 42.5 Å². The number of halogens is 1. The molecule has 1 saturated heterocycles. The van der Waals surface area contributed by atoms with Crippen LogP contribution in [0.25, 0.3) is 0 Å². The van der Waals surface area contributed by atoms with Gasteiger partial charge in [-0.05, 0) is 23.8 Å². The van der Waals surface area contributed by atoms with Gasteiger partial charge in [0.25, 0.3) is 0 Å². The maximum Gasteiger partial charge on any atom is 0.303 e. The van der Waals surface area contributed by atoms with Gasteiger partial charge in [-0.25, -0.2) is 4.39 Å². The van der Waals surface area contributed by atoms with Crippen molar-refractivity contribution in [3.05, 3.63) is 59.4 Å². The van der Waals surface area contributed by atoms with Gasteiger partial charge in [-0.2, -0.15) is 0 Å². The van der Waals surface area contributed by atoms with Gasteiger partial charge in [-0.15, -0.1) is 0 Å². The molecule has 220 valence electrons. The average Bonchev–Trinajstić information content (AvgIpc) is 2.87. The number of phenols is 1. The summed E-state index contributed by atoms with van der Waals surface area (Å²) in [5, 5.41) is 10.6. The summed E-state index contributed by atoms with van der Waals surface area (Å²) in [7, 11) is 0. The fraction of sp³-hybridized carbons (Fsp3) is 0.393. The standard InChI is InChI=1S/C28H29FO12/c1-14(30)36-13-24-25(37-15(2)31)26(38-16(3)32)27(39-17(4)33)28(41-24)40-19-9-10-20(23(35)12-19)22(34)11-18-7-5-6-8-21(18)29/h5-10,12,24-28,35H,11,13H2,1-4H3/t24-,25-,26+,27-,28-/m0/s1. The highest BCUT2D eigenvalue weighted by Gasteiger charge is 2.53. The number of ketones is 1. The van der Waals surface area contributed by atoms with Crippen molar-refractivity contribution in [1.29, 1.82) is 0 Å². The van der Waals surface area contributed by atoms with Crippen molar-refractivity contribution >= 4 is 29.7 Å². The number of phenolic OH excluding ortho intramolecular Hbond substituents is 1. The fourth-order valence-corrected chi connectivity index (χ4v) is 4.15. The molecule has 1 fully saturated rings. The monoisotopic (exact) mass is 576 g/mol. The van der Waals surface area contributed by atoms with Gasteiger partial charge in [0.2, 0.25) is 12.4 Å². The van der Waals surface area contributed by atoms with Crippen molar-refractivity contribution < 1.29 is 61.9 Å². The minimum absolute atomic E-state index is 0.0640. The predicted octanol–water partition coefficient (Wildman–Crippen LogP) is 2.42. The van der Waals surface area contributed by atoms with E-state index < -0.39 is 78.5 Å². The van der Waals surface area contributed by atoms with E-state index in [1.807, 2.05) is 0 Å². The van der Waals surface area contributed by atoms with Gasteiger partial charge in [0.05, 0.1) is 5.56 Å². The second kappa shape index (κ2) is 13.7. The summed E-state index contributed by atoms with van der Waals surface area (Å²) >= 11 is 0. The molecule has 3 rings (SSSR count). The molecular weight excluding hydrogens is 547 g/mol. The Morgan fingerprint density at radius 1 is 0.829 bits per heavy atom. The first-order chi connectivity index (χ1) is 19.3. The number of esters is 4. The Hall–Kier alpha value is -4.52. The van der Waals surface area contributed by atoms with Crippen molar-refractivity contribution in [2.45, 2.75) is 64.8 Å². The Morgan fingerprint density at radius 3 is 2.02 bits per heavy atom. The lowest BCUT2D eigenvalue weighted by Crippen LogP contribution is -2.63. The normalized spacial score (nSPS) is 21.7. The maximum atomic E-state index is 14.0. The van der Waals surface area contributed by atoms with E-state index in [4.69, 9.17) is 28.4 Å². The number of hydrogen-bond acceptors (Lipinski definition) is 12. The number of carbonyl (C=O) groups excluding carboxylic acids is 5. The summed E-state index contributed by atoms with van der Waals surface area (Å²) in [5.41, 5.74) is 0.0388. The molecule has 12 nitrogen and oxygen atoms in total. The summed E-state index contributed by atoms with van der Waals surface area (Å²) in [6, 6.07) is 9.38. The van der Waals surface area contributed by atoms with E-state index in [9.17, 15) is 33.5 Å². The lowest BCUT2D eigenvalue weighted by atomic mass is 9.98. The zero-order valence-corrected chi connectivity index (χ0v) is 22.7. The Labute approximate surface area is 234 Å². The minimum atomic E-state index is -1.53. The van der Waals surface area contributed by atoms with Crippen LogP contribution in [-0.2, 0) is 49.3 Å². The van der Waals surface area contributed by atoms with Gasteiger partial charge < -0.3 is 33.5 Å². The van der Waals surface area contributed by atoms with Gasteiger partial charge in [0, 0.05) is 40.2 Å². The number of rotatable bonds is 10. The van der Waals surface area contributed by atoms with Crippen LogP contribution in [-0.4, -0.2) is 72.1 Å². The number of aromatic hydroxyl groups is 1. The highest BCUT2D eigenvalue weighted by molar-refractivity contribution is 6.00. The largest absolute Gasteiger partial charge is 0.507 e. The highest BCUT2D eigenvalue weighted by Crippen LogP contribution is 2.33. The quantitative estimate of drug-likeness (QED) is 0.250. The third-order valence-corrected chi connectivity index (χ3v) is 5.78. The van der Waals surface area contributed by atoms with Gasteiger partial charge in [0.1, 0.15) is 30.0 Å². The van der Waals surface area contributed by atoms with Crippen molar-refractivity contribution in [2.24, 2.45) is 0 Å². The molecule has 0 radical (unpaired) electrons. The summed E-state index contributed by atoms with van der Waals surface area (Å²) in [5.74, 6) is -4.78. The van der Waals surface area contributed by atoms with Crippen LogP contribution in [0, 0.1) is 5.82 Å². The van der Waals surface area contributed by atoms with E-state index in [0.29, 0.717) is 0 Å². The molecule has 0 unspecified atom stereocenters. The van der Waals surface area contributed by atoms with E-state index in [2.05, 4.69) is 0 Å². The molecule has 0 saturated carbocycles. The first-order valence-corrected chi connectivity index (χ1v) is 12.4. The first kappa shape index (κ1) is 31.0. The van der Waals surface area contributed by atoms with E-state index >= 15 is 0 Å². The lowest BCUT2D eigenvalue weighted by molar-refractivity contribution is -0.288. The number of hydrogen-bond donors (Lipinski definition) is 1. The lowest BCUT2D eigenvalue weighted by Gasteiger charge is -2.43. The van der Waals surface area contributed by atoms with Crippen LogP contribution in [0.2, 0.25) is 0 Å². The summed E-state index contributed by atoms with van der Waals surface area (Å²) in [6.45, 7) is 3.94. The van der Waals surface area contributed by atoms with Crippen LogP contribution < -0.4 is 4.74 Å². The SMILES string of the molecule is CC(=O)OC[C@@H]1O[C@H](Oc2ccc(C(=O)Cc3ccccc3F)c(O)c2)[C@@H](OC(C)=O)[C@H](OC(C)=O)[C@H]1OC(C)=O. The molecule has 13 heteroatoms. The average molecular weight is 577 g/mol. The first-order valence-electron chi connectivity index (χ1n) is 12.4. The van der Waals surface area contributed by atoms with Gasteiger partial charge in [-0.1, -0.05) is 18.2 Å². The Morgan fingerprint density at radius 2 is 1.44 bits per heavy atom. The van der Waals surface area contributed by atoms with Crippen molar-refractivity contribution in [3.63, 3.8) is 0 Å². The van der Waals surface area contributed by atoms with Crippen LogP contribution in [0.3, 0.4) is 0 Å². The number of benzene rings is 2. The molecule has 1 heterocycles. The van der Waals surface area contributed by atoms with E-state index in [0.717, 1.165) is 33.8 Å². The smallest absolute Gasteiger partial charge is 0.303 e. The van der Waals surface area contributed by atoms with Gasteiger partial charge in [0.15, 0.2) is 18.0 Å². The molecule has 1 aliphatic rings. The summed E-state index contributed by atoms with van der Waals surface area (Å²) in [4.78, 5) is 59.9. The molecule has 1 N–H and O–H groups in total. The predicted molar refractivity (Wildman–Crippen MR) is 135 cm³/mol. The molecule has 0 aromatic heterocycles. The Bertz CT molecular complexity index is 1310. The molecule has 0 spiro atoms. The molecule has 1 aliphatic heterocycles. The Kier molecular flexibility index (Phi) is 10.4. The van der Waals surface area contributed by atoms with Gasteiger partial charge >= 0.3 is 23.9 Å². The number of Topliss-reactive ketones (excluding diaryl/α,β-unsaturated/α-hetero) is 1. The van der Waals surface area contributed by atoms with Crippen LogP contribution >= 0.6 is 0 Å². The molecule has 0 aliphatic carbocycles. The molecule has 2 aromatic rings.